The smallest absolute Gasteiger partial charge is 0.223 e. The zero-order valence-electron chi connectivity index (χ0n) is 18.3. The summed E-state index contributed by atoms with van der Waals surface area (Å²) in [6.07, 6.45) is 2.46. The molecule has 0 radical (unpaired) electrons. The highest BCUT2D eigenvalue weighted by atomic mass is 32.2. The molecule has 9 heteroatoms. The lowest BCUT2D eigenvalue weighted by Crippen LogP contribution is -2.49. The van der Waals surface area contributed by atoms with Crippen molar-refractivity contribution < 1.29 is 17.6 Å². The van der Waals surface area contributed by atoms with Crippen molar-refractivity contribution in [3.8, 4) is 6.07 Å². The van der Waals surface area contributed by atoms with Crippen LogP contribution in [-0.4, -0.2) is 61.0 Å². The predicted molar refractivity (Wildman–Crippen MR) is 117 cm³/mol. The van der Waals surface area contributed by atoms with E-state index >= 15 is 0 Å². The minimum atomic E-state index is -3.43. The first kappa shape index (κ1) is 23.5. The van der Waals surface area contributed by atoms with Crippen molar-refractivity contribution in [2.75, 3.05) is 31.1 Å². The Kier molecular flexibility index (Phi) is 7.55. The second-order valence-corrected chi connectivity index (χ2v) is 10.5. The molecule has 3 rings (SSSR count). The van der Waals surface area contributed by atoms with E-state index in [1.165, 1.54) is 10.4 Å². The molecule has 1 aromatic rings. The summed E-state index contributed by atoms with van der Waals surface area (Å²) in [5, 5.41) is 8.23. The van der Waals surface area contributed by atoms with Crippen LogP contribution in [0.3, 0.4) is 0 Å². The van der Waals surface area contributed by atoms with Crippen LogP contribution in [0.25, 0.3) is 0 Å². The van der Waals surface area contributed by atoms with E-state index in [0.29, 0.717) is 44.6 Å². The number of nitrogens with zero attached hydrogens (tertiary/aromatic N) is 4. The number of anilines is 1. The average Bonchev–Trinajstić information content (AvgIpc) is 2.75. The fourth-order valence-electron chi connectivity index (χ4n) is 4.39. The van der Waals surface area contributed by atoms with E-state index in [2.05, 4.69) is 0 Å². The first-order chi connectivity index (χ1) is 14.8. The number of carbonyl (C=O) groups excluding carboxylic acids is 1. The highest BCUT2D eigenvalue weighted by Crippen LogP contribution is 2.31. The van der Waals surface area contributed by atoms with Crippen molar-refractivity contribution >= 4 is 21.6 Å². The average molecular weight is 451 g/mol. The van der Waals surface area contributed by atoms with E-state index in [0.717, 1.165) is 12.1 Å². The molecule has 7 nitrogen and oxygen atoms in total. The largest absolute Gasteiger partial charge is 0.368 e. The highest BCUT2D eigenvalue weighted by Gasteiger charge is 2.38. The molecule has 170 valence electrons. The third kappa shape index (κ3) is 5.18. The summed E-state index contributed by atoms with van der Waals surface area (Å²) in [5.74, 6) is -0.434. The van der Waals surface area contributed by atoms with Gasteiger partial charge < -0.3 is 9.80 Å². The van der Waals surface area contributed by atoms with Gasteiger partial charge in [-0.15, -0.1) is 0 Å². The molecule has 0 saturated carbocycles. The minimum Gasteiger partial charge on any atom is -0.368 e. The summed E-state index contributed by atoms with van der Waals surface area (Å²) < 4.78 is 42.1. The molecule has 0 aromatic heterocycles. The first-order valence-corrected chi connectivity index (χ1v) is 12.5. The third-order valence-corrected chi connectivity index (χ3v) is 8.97. The molecule has 2 heterocycles. The topological polar surface area (TPSA) is 84.7 Å². The van der Waals surface area contributed by atoms with Gasteiger partial charge in [-0.3, -0.25) is 4.79 Å². The van der Waals surface area contributed by atoms with Crippen molar-refractivity contribution in [2.24, 2.45) is 0 Å². The Balaban J connectivity index is 1.66. The van der Waals surface area contributed by atoms with Crippen LogP contribution < -0.4 is 4.90 Å². The Hall–Kier alpha value is -2.18. The van der Waals surface area contributed by atoms with Gasteiger partial charge in [-0.25, -0.2) is 12.8 Å². The second kappa shape index (κ2) is 9.96. The molecule has 2 aliphatic rings. The van der Waals surface area contributed by atoms with E-state index < -0.39 is 21.1 Å². The maximum atomic E-state index is 14.9. The molecule has 2 fully saturated rings. The molecule has 1 aromatic carbocycles. The Bertz CT molecular complexity index is 939. The molecule has 1 amide bonds. The van der Waals surface area contributed by atoms with Crippen molar-refractivity contribution in [3.63, 3.8) is 0 Å². The molecular formula is C22H31FN4O3S. The molecule has 31 heavy (non-hydrogen) atoms. The quantitative estimate of drug-likeness (QED) is 0.665. The van der Waals surface area contributed by atoms with Gasteiger partial charge in [-0.1, -0.05) is 13.0 Å². The van der Waals surface area contributed by atoms with Crippen LogP contribution in [0.5, 0.6) is 0 Å². The molecule has 0 N–H and O–H groups in total. The van der Waals surface area contributed by atoms with Gasteiger partial charge in [0.25, 0.3) is 0 Å². The van der Waals surface area contributed by atoms with Crippen LogP contribution in [0.1, 0.15) is 51.5 Å². The van der Waals surface area contributed by atoms with Gasteiger partial charge in [0, 0.05) is 62.9 Å². The van der Waals surface area contributed by atoms with Gasteiger partial charge >= 0.3 is 0 Å². The van der Waals surface area contributed by atoms with Crippen LogP contribution in [0.4, 0.5) is 10.1 Å². The van der Waals surface area contributed by atoms with Crippen LogP contribution in [0.15, 0.2) is 18.2 Å². The summed E-state index contributed by atoms with van der Waals surface area (Å²) in [7, 11) is -3.43. The van der Waals surface area contributed by atoms with Gasteiger partial charge in [-0.05, 0) is 38.3 Å². The SMILES string of the molecule is CCC1CC[C@H](C)N(Cc2ccc(N3CCN(C(=O)CCC#N)CC3)cc2F)S1(=O)=O. The second-order valence-electron chi connectivity index (χ2n) is 8.35. The van der Waals surface area contributed by atoms with Crippen molar-refractivity contribution in [1.29, 1.82) is 5.26 Å². The van der Waals surface area contributed by atoms with Gasteiger partial charge in [0.15, 0.2) is 0 Å². The molecule has 0 bridgehead atoms. The van der Waals surface area contributed by atoms with E-state index in [1.807, 2.05) is 30.9 Å². The van der Waals surface area contributed by atoms with Gasteiger partial charge in [-0.2, -0.15) is 9.57 Å². The Morgan fingerprint density at radius 3 is 2.55 bits per heavy atom. The van der Waals surface area contributed by atoms with Crippen molar-refractivity contribution in [1.82, 2.24) is 9.21 Å². The highest BCUT2D eigenvalue weighted by molar-refractivity contribution is 7.89. The van der Waals surface area contributed by atoms with Gasteiger partial charge in [0.2, 0.25) is 15.9 Å². The molecular weight excluding hydrogens is 419 g/mol. The number of hydrogen-bond acceptors (Lipinski definition) is 5. The number of rotatable bonds is 6. The van der Waals surface area contributed by atoms with Gasteiger partial charge in [0.1, 0.15) is 5.82 Å². The van der Waals surface area contributed by atoms with Crippen LogP contribution >= 0.6 is 0 Å². The Morgan fingerprint density at radius 1 is 1.23 bits per heavy atom. The zero-order chi connectivity index (χ0) is 22.6. The molecule has 2 atom stereocenters. The summed E-state index contributed by atoms with van der Waals surface area (Å²) >= 11 is 0. The Labute approximate surface area is 184 Å². The maximum absolute atomic E-state index is 14.9. The molecule has 1 unspecified atom stereocenters. The number of halogens is 1. The lowest BCUT2D eigenvalue weighted by molar-refractivity contribution is -0.131. The maximum Gasteiger partial charge on any atom is 0.223 e. The lowest BCUT2D eigenvalue weighted by atomic mass is 10.1. The minimum absolute atomic E-state index is 0.0232. The lowest BCUT2D eigenvalue weighted by Gasteiger charge is -2.37. The number of hydrogen-bond donors (Lipinski definition) is 0. The van der Waals surface area contributed by atoms with Crippen molar-refractivity contribution in [3.05, 3.63) is 29.6 Å². The standard InChI is InChI=1S/C22H31FN4O3S/c1-3-20-9-6-17(2)27(31(20,29)30)16-18-7-8-19(15-21(18)23)25-11-13-26(14-12-25)22(28)5-4-10-24/h7-8,15,17,20H,3-6,9,11-14,16H2,1-2H3/t17-,20?/m0/s1. The number of nitriles is 1. The summed E-state index contributed by atoms with van der Waals surface area (Å²) in [4.78, 5) is 15.8. The number of sulfonamides is 1. The fraction of sp³-hybridized carbons (Fsp3) is 0.636. The number of amides is 1. The summed E-state index contributed by atoms with van der Waals surface area (Å²) in [5.41, 5.74) is 1.10. The van der Waals surface area contributed by atoms with Gasteiger partial charge in [0.05, 0.1) is 11.3 Å². The van der Waals surface area contributed by atoms with E-state index in [9.17, 15) is 17.6 Å². The predicted octanol–water partition coefficient (Wildman–Crippen LogP) is 2.87. The van der Waals surface area contributed by atoms with Crippen LogP contribution in [0, 0.1) is 17.1 Å². The van der Waals surface area contributed by atoms with Crippen molar-refractivity contribution in [2.45, 2.75) is 63.8 Å². The van der Waals surface area contributed by atoms with E-state index in [-0.39, 0.29) is 31.3 Å². The molecule has 2 saturated heterocycles. The van der Waals surface area contributed by atoms with E-state index in [1.54, 1.807) is 11.0 Å². The Morgan fingerprint density at radius 2 is 1.94 bits per heavy atom. The van der Waals surface area contributed by atoms with Crippen LogP contribution in [-0.2, 0) is 21.4 Å². The molecule has 2 aliphatic heterocycles. The zero-order valence-corrected chi connectivity index (χ0v) is 19.1. The normalized spacial score (nSPS) is 24.1. The fourth-order valence-corrected chi connectivity index (χ4v) is 6.55. The first-order valence-electron chi connectivity index (χ1n) is 11.0. The number of piperazine rings is 1. The molecule has 0 spiro atoms. The number of benzene rings is 1. The summed E-state index contributed by atoms with van der Waals surface area (Å²) in [6, 6.07) is 6.80. The monoisotopic (exact) mass is 450 g/mol. The third-order valence-electron chi connectivity index (χ3n) is 6.41. The van der Waals surface area contributed by atoms with E-state index in [4.69, 9.17) is 5.26 Å². The molecule has 0 aliphatic carbocycles. The van der Waals surface area contributed by atoms with Crippen LogP contribution in [0.2, 0.25) is 0 Å². The summed E-state index contributed by atoms with van der Waals surface area (Å²) in [6.45, 7) is 6.06. The number of carbonyl (C=O) groups is 1.